The Morgan fingerprint density at radius 1 is 1.19 bits per heavy atom. The van der Waals surface area contributed by atoms with Crippen molar-refractivity contribution in [3.8, 4) is 0 Å². The van der Waals surface area contributed by atoms with Crippen LogP contribution in [-0.2, 0) is 15.0 Å². The Hall–Kier alpha value is -0.700. The minimum Gasteiger partial charge on any atom is -0.481 e. The van der Waals surface area contributed by atoms with Crippen molar-refractivity contribution in [1.29, 1.82) is 0 Å². The molecule has 2 aliphatic heterocycles. The van der Waals surface area contributed by atoms with Crippen LogP contribution in [0.1, 0.15) is 26.2 Å². The molecule has 0 aromatic heterocycles. The van der Waals surface area contributed by atoms with Gasteiger partial charge in [-0.15, -0.1) is 0 Å². The van der Waals surface area contributed by atoms with Crippen LogP contribution in [0.25, 0.3) is 0 Å². The largest absolute Gasteiger partial charge is 0.481 e. The number of hydrogen-bond acceptors (Lipinski definition) is 4. The highest BCUT2D eigenvalue weighted by Gasteiger charge is 2.38. The zero-order valence-electron chi connectivity index (χ0n) is 12.7. The highest BCUT2D eigenvalue weighted by atomic mass is 32.2. The van der Waals surface area contributed by atoms with E-state index in [4.69, 9.17) is 5.11 Å². The minimum absolute atomic E-state index is 0.0980. The van der Waals surface area contributed by atoms with Crippen molar-refractivity contribution in [2.24, 2.45) is 5.92 Å². The summed E-state index contributed by atoms with van der Waals surface area (Å²) in [6, 6.07) is 0.230. The lowest BCUT2D eigenvalue weighted by atomic mass is 10.0. The Bertz CT molecular complexity index is 482. The molecule has 122 valence electrons. The standard InChI is InChI=1S/C13H25N3O4S/c1-3-12-10-16(8-7-14(12)2)21(19,20)15-6-4-5-11(9-15)13(17)18/h11-12H,3-10H2,1-2H3,(H,17,18). The van der Waals surface area contributed by atoms with Crippen LogP contribution in [0, 0.1) is 5.92 Å². The van der Waals surface area contributed by atoms with Gasteiger partial charge in [-0.05, 0) is 26.3 Å². The minimum atomic E-state index is -3.54. The zero-order valence-corrected chi connectivity index (χ0v) is 13.5. The molecule has 0 aromatic carbocycles. The van der Waals surface area contributed by atoms with Gasteiger partial charge < -0.3 is 10.0 Å². The van der Waals surface area contributed by atoms with Crippen molar-refractivity contribution in [1.82, 2.24) is 13.5 Å². The summed E-state index contributed by atoms with van der Waals surface area (Å²) in [5, 5.41) is 9.11. The maximum absolute atomic E-state index is 12.7. The third kappa shape index (κ3) is 3.56. The smallest absolute Gasteiger partial charge is 0.307 e. The van der Waals surface area contributed by atoms with E-state index in [0.717, 1.165) is 6.42 Å². The van der Waals surface area contributed by atoms with Crippen molar-refractivity contribution < 1.29 is 18.3 Å². The van der Waals surface area contributed by atoms with Gasteiger partial charge in [0.15, 0.2) is 0 Å². The third-order valence-corrected chi connectivity index (χ3v) is 6.57. The number of piperazine rings is 1. The van der Waals surface area contributed by atoms with Crippen molar-refractivity contribution in [2.45, 2.75) is 32.2 Å². The summed E-state index contributed by atoms with van der Waals surface area (Å²) in [4.78, 5) is 13.3. The summed E-state index contributed by atoms with van der Waals surface area (Å²) in [7, 11) is -1.53. The lowest BCUT2D eigenvalue weighted by Gasteiger charge is -2.41. The first kappa shape index (κ1) is 16.7. The van der Waals surface area contributed by atoms with Gasteiger partial charge in [-0.25, -0.2) is 0 Å². The summed E-state index contributed by atoms with van der Waals surface area (Å²) >= 11 is 0. The first-order valence-electron chi connectivity index (χ1n) is 7.54. The van der Waals surface area contributed by atoms with E-state index in [1.807, 2.05) is 7.05 Å². The van der Waals surface area contributed by atoms with E-state index >= 15 is 0 Å². The van der Waals surface area contributed by atoms with Crippen LogP contribution in [-0.4, -0.2) is 78.8 Å². The van der Waals surface area contributed by atoms with E-state index in [9.17, 15) is 13.2 Å². The van der Waals surface area contributed by atoms with Crippen LogP contribution in [0.5, 0.6) is 0 Å². The van der Waals surface area contributed by atoms with Crippen molar-refractivity contribution in [2.75, 3.05) is 39.8 Å². The van der Waals surface area contributed by atoms with E-state index in [2.05, 4.69) is 11.8 Å². The van der Waals surface area contributed by atoms with E-state index in [0.29, 0.717) is 39.0 Å². The van der Waals surface area contributed by atoms with Crippen LogP contribution in [0.4, 0.5) is 0 Å². The molecule has 0 saturated carbocycles. The number of carboxylic acids is 1. The van der Waals surface area contributed by atoms with Crippen molar-refractivity contribution >= 4 is 16.2 Å². The van der Waals surface area contributed by atoms with Gasteiger partial charge in [-0.2, -0.15) is 17.0 Å². The SMILES string of the molecule is CCC1CN(S(=O)(=O)N2CCCC(C(=O)O)C2)CCN1C. The molecule has 8 heteroatoms. The fraction of sp³-hybridized carbons (Fsp3) is 0.923. The number of carboxylic acid groups (broad SMARTS) is 1. The second-order valence-electron chi connectivity index (χ2n) is 5.94. The van der Waals surface area contributed by atoms with Gasteiger partial charge in [-0.1, -0.05) is 6.92 Å². The molecule has 7 nitrogen and oxygen atoms in total. The van der Waals surface area contributed by atoms with Gasteiger partial charge in [0.25, 0.3) is 10.2 Å². The number of likely N-dealkylation sites (N-methyl/N-ethyl adjacent to an activating group) is 1. The van der Waals surface area contributed by atoms with Crippen LogP contribution < -0.4 is 0 Å². The second kappa shape index (κ2) is 6.60. The molecular formula is C13H25N3O4S. The lowest BCUT2D eigenvalue weighted by Crippen LogP contribution is -2.57. The molecule has 2 heterocycles. The number of piperidine rings is 1. The molecule has 0 aromatic rings. The van der Waals surface area contributed by atoms with Crippen LogP contribution in [0.15, 0.2) is 0 Å². The first-order valence-corrected chi connectivity index (χ1v) is 8.94. The zero-order chi connectivity index (χ0) is 15.6. The van der Waals surface area contributed by atoms with Gasteiger partial charge in [0.2, 0.25) is 0 Å². The lowest BCUT2D eigenvalue weighted by molar-refractivity contribution is -0.142. The molecule has 21 heavy (non-hydrogen) atoms. The number of aliphatic carboxylic acids is 1. The average Bonchev–Trinajstić information content (AvgIpc) is 2.47. The van der Waals surface area contributed by atoms with Crippen molar-refractivity contribution in [3.63, 3.8) is 0 Å². The summed E-state index contributed by atoms with van der Waals surface area (Å²) in [6.45, 7) is 4.26. The Labute approximate surface area is 126 Å². The molecule has 2 rings (SSSR count). The predicted molar refractivity (Wildman–Crippen MR) is 79.1 cm³/mol. The van der Waals surface area contributed by atoms with Gasteiger partial charge in [0.1, 0.15) is 0 Å². The summed E-state index contributed by atoms with van der Waals surface area (Å²) in [5.41, 5.74) is 0. The normalized spacial score (nSPS) is 30.4. The summed E-state index contributed by atoms with van der Waals surface area (Å²) in [6.07, 6.45) is 2.07. The topological polar surface area (TPSA) is 81.2 Å². The predicted octanol–water partition coefficient (Wildman–Crippen LogP) is 0.0538. The van der Waals surface area contributed by atoms with E-state index in [-0.39, 0.29) is 12.6 Å². The average molecular weight is 319 g/mol. The first-order chi connectivity index (χ1) is 9.86. The second-order valence-corrected chi connectivity index (χ2v) is 7.87. The molecule has 2 saturated heterocycles. The van der Waals surface area contributed by atoms with Gasteiger partial charge in [-0.3, -0.25) is 4.79 Å². The molecule has 2 atom stereocenters. The Morgan fingerprint density at radius 2 is 1.86 bits per heavy atom. The summed E-state index contributed by atoms with van der Waals surface area (Å²) in [5.74, 6) is -1.48. The molecule has 0 aliphatic carbocycles. The van der Waals surface area contributed by atoms with E-state index in [1.54, 1.807) is 0 Å². The number of carbonyl (C=O) groups is 1. The van der Waals surface area contributed by atoms with Crippen LogP contribution >= 0.6 is 0 Å². The van der Waals surface area contributed by atoms with Crippen LogP contribution in [0.3, 0.4) is 0 Å². The number of hydrogen-bond donors (Lipinski definition) is 1. The molecule has 0 radical (unpaired) electrons. The quantitative estimate of drug-likeness (QED) is 0.792. The fourth-order valence-electron chi connectivity index (χ4n) is 3.08. The highest BCUT2D eigenvalue weighted by molar-refractivity contribution is 7.86. The highest BCUT2D eigenvalue weighted by Crippen LogP contribution is 2.23. The molecular weight excluding hydrogens is 294 g/mol. The molecule has 1 N–H and O–H groups in total. The monoisotopic (exact) mass is 319 g/mol. The maximum Gasteiger partial charge on any atom is 0.307 e. The van der Waals surface area contributed by atoms with Crippen molar-refractivity contribution in [3.05, 3.63) is 0 Å². The summed E-state index contributed by atoms with van der Waals surface area (Å²) < 4.78 is 28.3. The Balaban J connectivity index is 2.08. The van der Waals surface area contributed by atoms with Gasteiger partial charge in [0, 0.05) is 38.8 Å². The molecule has 0 spiro atoms. The van der Waals surface area contributed by atoms with Gasteiger partial charge in [0.05, 0.1) is 5.92 Å². The molecule has 2 unspecified atom stereocenters. The molecule has 2 fully saturated rings. The van der Waals surface area contributed by atoms with E-state index < -0.39 is 22.1 Å². The fourth-order valence-corrected chi connectivity index (χ4v) is 4.81. The number of nitrogens with zero attached hydrogens (tertiary/aromatic N) is 3. The van der Waals surface area contributed by atoms with Gasteiger partial charge >= 0.3 is 5.97 Å². The molecule has 0 bridgehead atoms. The van der Waals surface area contributed by atoms with Crippen LogP contribution in [0.2, 0.25) is 0 Å². The maximum atomic E-state index is 12.7. The van der Waals surface area contributed by atoms with E-state index in [1.165, 1.54) is 8.61 Å². The Morgan fingerprint density at radius 3 is 2.48 bits per heavy atom. The molecule has 0 amide bonds. The molecule has 2 aliphatic rings. The third-order valence-electron chi connectivity index (χ3n) is 4.60. The Kier molecular flexibility index (Phi) is 5.24. The number of rotatable bonds is 4.